The monoisotopic (exact) mass is 452 g/mol. The number of fused-ring (bicyclic) bond motifs is 2. The topological polar surface area (TPSA) is 111 Å². The zero-order chi connectivity index (χ0) is 23.5. The highest BCUT2D eigenvalue weighted by Gasteiger charge is 2.27. The van der Waals surface area contributed by atoms with Gasteiger partial charge in [0, 0.05) is 62.8 Å². The summed E-state index contributed by atoms with van der Waals surface area (Å²) < 4.78 is 8.50. The predicted molar refractivity (Wildman–Crippen MR) is 122 cm³/mol. The Morgan fingerprint density at radius 1 is 1.21 bits per heavy atom. The summed E-state index contributed by atoms with van der Waals surface area (Å²) in [4.78, 5) is 44.8. The second kappa shape index (κ2) is 9.43. The molecule has 10 nitrogen and oxygen atoms in total. The summed E-state index contributed by atoms with van der Waals surface area (Å²) >= 11 is 0. The SMILES string of the molecule is COc1cc(=O)n2c(c1C(=O)NCCC(C)C)CCN(C(=O)c1cc3ncccn3n1)CC2. The molecule has 0 radical (unpaired) electrons. The van der Waals surface area contributed by atoms with Gasteiger partial charge in [0.05, 0.1) is 7.11 Å². The average molecular weight is 453 g/mol. The third-order valence-electron chi connectivity index (χ3n) is 5.79. The molecule has 0 unspecified atom stereocenters. The van der Waals surface area contributed by atoms with Crippen molar-refractivity contribution < 1.29 is 14.3 Å². The van der Waals surface area contributed by atoms with Crippen LogP contribution >= 0.6 is 0 Å². The first kappa shape index (κ1) is 22.5. The van der Waals surface area contributed by atoms with Crippen LogP contribution in [0.1, 0.15) is 46.8 Å². The molecule has 3 aromatic rings. The van der Waals surface area contributed by atoms with Gasteiger partial charge in [0.25, 0.3) is 17.4 Å². The number of nitrogens with zero attached hydrogens (tertiary/aromatic N) is 5. The minimum absolute atomic E-state index is 0.240. The van der Waals surface area contributed by atoms with Gasteiger partial charge in [-0.25, -0.2) is 9.50 Å². The van der Waals surface area contributed by atoms with E-state index in [0.717, 1.165) is 6.42 Å². The summed E-state index contributed by atoms with van der Waals surface area (Å²) in [7, 11) is 1.45. The number of methoxy groups -OCH3 is 1. The molecule has 4 heterocycles. The van der Waals surface area contributed by atoms with Crippen LogP contribution in [0.3, 0.4) is 0 Å². The van der Waals surface area contributed by atoms with E-state index in [2.05, 4.69) is 29.2 Å². The number of ether oxygens (including phenoxy) is 1. The fourth-order valence-electron chi connectivity index (χ4n) is 4.02. The Hall–Kier alpha value is -3.69. The first-order valence-corrected chi connectivity index (χ1v) is 11.1. The van der Waals surface area contributed by atoms with Gasteiger partial charge in [-0.2, -0.15) is 5.10 Å². The Morgan fingerprint density at radius 2 is 2.03 bits per heavy atom. The second-order valence-electron chi connectivity index (χ2n) is 8.46. The van der Waals surface area contributed by atoms with E-state index in [1.165, 1.54) is 13.2 Å². The number of hydrogen-bond acceptors (Lipinski definition) is 6. The molecule has 0 saturated carbocycles. The smallest absolute Gasteiger partial charge is 0.274 e. The summed E-state index contributed by atoms with van der Waals surface area (Å²) in [6.45, 7) is 5.66. The van der Waals surface area contributed by atoms with Crippen LogP contribution in [-0.4, -0.2) is 62.6 Å². The molecule has 0 spiro atoms. The van der Waals surface area contributed by atoms with Crippen LogP contribution in [0.15, 0.2) is 35.4 Å². The van der Waals surface area contributed by atoms with Crippen LogP contribution in [0.4, 0.5) is 0 Å². The molecular weight excluding hydrogens is 424 g/mol. The van der Waals surface area contributed by atoms with Gasteiger partial charge >= 0.3 is 0 Å². The zero-order valence-corrected chi connectivity index (χ0v) is 19.1. The number of aromatic nitrogens is 4. The Balaban J connectivity index is 1.60. The maximum atomic E-state index is 13.1. The van der Waals surface area contributed by atoms with Crippen LogP contribution in [0.25, 0.3) is 5.65 Å². The maximum absolute atomic E-state index is 13.1. The summed E-state index contributed by atoms with van der Waals surface area (Å²) in [6, 6.07) is 4.72. The first-order chi connectivity index (χ1) is 15.9. The van der Waals surface area contributed by atoms with E-state index in [1.54, 1.807) is 38.5 Å². The van der Waals surface area contributed by atoms with Gasteiger partial charge in [0.2, 0.25) is 0 Å². The number of pyridine rings is 1. The molecule has 174 valence electrons. The lowest BCUT2D eigenvalue weighted by atomic mass is 10.1. The molecule has 0 aliphatic carbocycles. The van der Waals surface area contributed by atoms with E-state index < -0.39 is 0 Å². The van der Waals surface area contributed by atoms with Crippen molar-refractivity contribution in [2.75, 3.05) is 26.7 Å². The zero-order valence-electron chi connectivity index (χ0n) is 19.1. The molecule has 0 aromatic carbocycles. The molecule has 33 heavy (non-hydrogen) atoms. The molecule has 0 bridgehead atoms. The molecule has 1 aliphatic heterocycles. The number of hydrogen-bond donors (Lipinski definition) is 1. The molecule has 4 rings (SSSR count). The first-order valence-electron chi connectivity index (χ1n) is 11.1. The second-order valence-corrected chi connectivity index (χ2v) is 8.46. The average Bonchev–Trinajstić information content (AvgIpc) is 3.10. The van der Waals surface area contributed by atoms with Gasteiger partial charge in [0.1, 0.15) is 11.3 Å². The minimum Gasteiger partial charge on any atom is -0.496 e. The van der Waals surface area contributed by atoms with Crippen molar-refractivity contribution >= 4 is 17.5 Å². The summed E-state index contributed by atoms with van der Waals surface area (Å²) in [5.41, 5.74) is 1.55. The van der Waals surface area contributed by atoms with Gasteiger partial charge in [-0.15, -0.1) is 0 Å². The van der Waals surface area contributed by atoms with E-state index in [-0.39, 0.29) is 35.4 Å². The number of amides is 2. The number of nitrogens with one attached hydrogen (secondary N) is 1. The van der Waals surface area contributed by atoms with Crippen LogP contribution in [-0.2, 0) is 13.0 Å². The molecule has 0 atom stereocenters. The highest BCUT2D eigenvalue weighted by molar-refractivity contribution is 5.98. The lowest BCUT2D eigenvalue weighted by Gasteiger charge is -2.18. The molecular formula is C23H28N6O4. The molecule has 0 fully saturated rings. The quantitative estimate of drug-likeness (QED) is 0.605. The molecule has 1 N–H and O–H groups in total. The van der Waals surface area contributed by atoms with Crippen molar-refractivity contribution in [3.8, 4) is 5.75 Å². The number of rotatable bonds is 6. The van der Waals surface area contributed by atoms with E-state index >= 15 is 0 Å². The third-order valence-corrected chi connectivity index (χ3v) is 5.79. The predicted octanol–water partition coefficient (Wildman–Crippen LogP) is 1.37. The van der Waals surface area contributed by atoms with E-state index in [1.807, 2.05) is 0 Å². The fraction of sp³-hybridized carbons (Fsp3) is 0.435. The highest BCUT2D eigenvalue weighted by atomic mass is 16.5. The highest BCUT2D eigenvalue weighted by Crippen LogP contribution is 2.23. The number of carbonyl (C=O) groups excluding carboxylic acids is 2. The lowest BCUT2D eigenvalue weighted by molar-refractivity contribution is 0.0752. The van der Waals surface area contributed by atoms with Gasteiger partial charge < -0.3 is 19.5 Å². The summed E-state index contributed by atoms with van der Waals surface area (Å²) in [5, 5.41) is 7.25. The lowest BCUT2D eigenvalue weighted by Crippen LogP contribution is -2.34. The third kappa shape index (κ3) is 4.59. The Bertz CT molecular complexity index is 1210. The molecule has 10 heteroatoms. The van der Waals surface area contributed by atoms with Gasteiger partial charge in [-0.1, -0.05) is 13.8 Å². The van der Waals surface area contributed by atoms with Crippen LogP contribution < -0.4 is 15.6 Å². The minimum atomic E-state index is -0.276. The van der Waals surface area contributed by atoms with Gasteiger partial charge in [-0.05, 0) is 18.4 Å². The number of carbonyl (C=O) groups is 2. The molecule has 2 amide bonds. The van der Waals surface area contributed by atoms with Crippen molar-refractivity contribution in [3.05, 3.63) is 57.9 Å². The van der Waals surface area contributed by atoms with Crippen molar-refractivity contribution in [1.82, 2.24) is 29.4 Å². The summed E-state index contributed by atoms with van der Waals surface area (Å²) in [5.74, 6) is 0.190. The van der Waals surface area contributed by atoms with Crippen molar-refractivity contribution in [3.63, 3.8) is 0 Å². The molecule has 1 aliphatic rings. The standard InChI is InChI=1S/C23H28N6O4/c1-15(2)5-8-25-22(31)21-17-6-10-27(11-12-28(17)20(30)14-18(21)33-3)23(32)16-13-19-24-7-4-9-29(19)26-16/h4,7,9,13-15H,5-6,8,10-12H2,1-3H3,(H,25,31). The van der Waals surface area contributed by atoms with E-state index in [0.29, 0.717) is 48.9 Å². The van der Waals surface area contributed by atoms with Crippen LogP contribution in [0.2, 0.25) is 0 Å². The molecule has 3 aromatic heterocycles. The van der Waals surface area contributed by atoms with Crippen molar-refractivity contribution in [2.24, 2.45) is 5.92 Å². The van der Waals surface area contributed by atoms with Crippen molar-refractivity contribution in [2.45, 2.75) is 33.2 Å². The van der Waals surface area contributed by atoms with E-state index in [4.69, 9.17) is 4.74 Å². The van der Waals surface area contributed by atoms with Crippen LogP contribution in [0.5, 0.6) is 5.75 Å². The maximum Gasteiger partial charge on any atom is 0.274 e. The molecule has 0 saturated heterocycles. The fourth-order valence-corrected chi connectivity index (χ4v) is 4.02. The van der Waals surface area contributed by atoms with Gasteiger partial charge in [0.15, 0.2) is 11.3 Å². The van der Waals surface area contributed by atoms with Gasteiger partial charge in [-0.3, -0.25) is 14.4 Å². The normalized spacial score (nSPS) is 13.6. The Labute approximate surface area is 191 Å². The Kier molecular flexibility index (Phi) is 6.43. The van der Waals surface area contributed by atoms with Crippen LogP contribution in [0, 0.1) is 5.92 Å². The largest absolute Gasteiger partial charge is 0.496 e. The summed E-state index contributed by atoms with van der Waals surface area (Å²) in [6.07, 6.45) is 4.56. The van der Waals surface area contributed by atoms with Crippen molar-refractivity contribution in [1.29, 1.82) is 0 Å². The van der Waals surface area contributed by atoms with E-state index in [9.17, 15) is 14.4 Å². The Morgan fingerprint density at radius 3 is 2.76 bits per heavy atom.